The van der Waals surface area contributed by atoms with Crippen molar-refractivity contribution in [1.82, 2.24) is 24.8 Å². The lowest BCUT2D eigenvalue weighted by molar-refractivity contribution is 0.311. The van der Waals surface area contributed by atoms with Gasteiger partial charge >= 0.3 is 0 Å². The van der Waals surface area contributed by atoms with E-state index >= 15 is 0 Å². The van der Waals surface area contributed by atoms with Crippen LogP contribution in [0.5, 0.6) is 5.75 Å². The number of piperidine rings is 1. The van der Waals surface area contributed by atoms with Crippen LogP contribution in [0.4, 0.5) is 5.82 Å². The normalized spacial score (nSPS) is 23.6. The van der Waals surface area contributed by atoms with Crippen LogP contribution in [0.25, 0.3) is 16.9 Å². The van der Waals surface area contributed by atoms with Crippen molar-refractivity contribution in [2.75, 3.05) is 11.9 Å². The Hall–Kier alpha value is -2.93. The molecule has 2 atom stereocenters. The molecular weight excluding hydrogens is 352 g/mol. The summed E-state index contributed by atoms with van der Waals surface area (Å²) in [6.07, 6.45) is 13.8. The number of benzene rings is 1. The van der Waals surface area contributed by atoms with E-state index < -0.39 is 0 Å². The van der Waals surface area contributed by atoms with Gasteiger partial charge in [-0.1, -0.05) is 0 Å². The quantitative estimate of drug-likeness (QED) is 0.635. The lowest BCUT2D eigenvalue weighted by Crippen LogP contribution is -2.40. The molecular formula is C21H24N6O. The summed E-state index contributed by atoms with van der Waals surface area (Å²) in [4.78, 5) is 13.0. The molecule has 4 heterocycles. The van der Waals surface area contributed by atoms with E-state index in [4.69, 9.17) is 0 Å². The lowest BCUT2D eigenvalue weighted by Gasteiger charge is -2.29. The maximum Gasteiger partial charge on any atom is 0.144 e. The van der Waals surface area contributed by atoms with Gasteiger partial charge in [0.05, 0.1) is 30.1 Å². The van der Waals surface area contributed by atoms with Crippen LogP contribution in [0.1, 0.15) is 25.7 Å². The van der Waals surface area contributed by atoms with Crippen LogP contribution in [0, 0.1) is 5.92 Å². The first-order valence-electron chi connectivity index (χ1n) is 9.88. The van der Waals surface area contributed by atoms with Crippen LogP contribution in [0.2, 0.25) is 0 Å². The van der Waals surface area contributed by atoms with Gasteiger partial charge in [0.2, 0.25) is 0 Å². The summed E-state index contributed by atoms with van der Waals surface area (Å²) in [6.45, 7) is 0.938. The first-order chi connectivity index (χ1) is 13.7. The number of nitrogens with zero attached hydrogens (tertiary/aromatic N) is 4. The van der Waals surface area contributed by atoms with Crippen LogP contribution in [-0.4, -0.2) is 43.3 Å². The topological polar surface area (TPSA) is 87.9 Å². The van der Waals surface area contributed by atoms with Gasteiger partial charge in [-0.25, -0.2) is 9.97 Å². The minimum absolute atomic E-state index is 0.173. The number of aromatic hydroxyl groups is 1. The van der Waals surface area contributed by atoms with Gasteiger partial charge in [-0.15, -0.1) is 0 Å². The number of aromatic nitrogens is 4. The van der Waals surface area contributed by atoms with Crippen molar-refractivity contribution in [2.24, 2.45) is 5.92 Å². The number of phenols is 1. The molecule has 2 fully saturated rings. The predicted molar refractivity (Wildman–Crippen MR) is 107 cm³/mol. The van der Waals surface area contributed by atoms with Crippen LogP contribution < -0.4 is 10.6 Å². The molecule has 0 saturated carbocycles. The lowest BCUT2D eigenvalue weighted by atomic mass is 9.92. The molecule has 7 heteroatoms. The first kappa shape index (κ1) is 17.2. The van der Waals surface area contributed by atoms with Gasteiger partial charge in [0.1, 0.15) is 11.6 Å². The molecule has 0 amide bonds. The van der Waals surface area contributed by atoms with Gasteiger partial charge in [-0.05, 0) is 43.7 Å². The monoisotopic (exact) mass is 376 g/mol. The summed E-state index contributed by atoms with van der Waals surface area (Å²) >= 11 is 0. The van der Waals surface area contributed by atoms with Crippen LogP contribution in [-0.2, 0) is 0 Å². The summed E-state index contributed by atoms with van der Waals surface area (Å²) < 4.78 is 1.84. The standard InChI is InChI=1S/C21H24N6O/c28-20-9-17(27-6-5-22-13-27)3-4-18(20)19-11-25-21(12-23-19)24-10-14-7-15-1-2-16(8-14)26-15/h3-6,9,11-16,26,28H,1-2,7-8,10H2,(H,24,25). The molecule has 2 aliphatic rings. The first-order valence-corrected chi connectivity index (χ1v) is 9.88. The molecule has 2 bridgehead atoms. The van der Waals surface area contributed by atoms with Crippen LogP contribution in [0.3, 0.4) is 0 Å². The minimum atomic E-state index is 0.173. The molecule has 3 N–H and O–H groups in total. The highest BCUT2D eigenvalue weighted by atomic mass is 16.3. The molecule has 5 rings (SSSR count). The summed E-state index contributed by atoms with van der Waals surface area (Å²) in [5.74, 6) is 1.65. The third-order valence-corrected chi connectivity index (χ3v) is 5.85. The van der Waals surface area contributed by atoms with E-state index in [9.17, 15) is 5.11 Å². The maximum absolute atomic E-state index is 10.4. The number of nitrogens with one attached hydrogen (secondary N) is 2. The Morgan fingerprint density at radius 2 is 2.00 bits per heavy atom. The summed E-state index contributed by atoms with van der Waals surface area (Å²) in [5.41, 5.74) is 2.17. The molecule has 0 spiro atoms. The molecule has 3 aromatic rings. The van der Waals surface area contributed by atoms with Gasteiger partial charge in [-0.2, -0.15) is 0 Å². The molecule has 144 valence electrons. The number of imidazole rings is 1. The largest absolute Gasteiger partial charge is 0.507 e. The third kappa shape index (κ3) is 3.45. The van der Waals surface area contributed by atoms with Gasteiger partial charge < -0.3 is 20.3 Å². The number of rotatable bonds is 5. The number of fused-ring (bicyclic) bond motifs is 2. The van der Waals surface area contributed by atoms with Crippen molar-refractivity contribution >= 4 is 5.82 Å². The molecule has 1 aromatic carbocycles. The Balaban J connectivity index is 1.25. The smallest absolute Gasteiger partial charge is 0.144 e. The zero-order valence-electron chi connectivity index (χ0n) is 15.6. The van der Waals surface area contributed by atoms with E-state index in [0.29, 0.717) is 29.3 Å². The van der Waals surface area contributed by atoms with Crippen molar-refractivity contribution in [1.29, 1.82) is 0 Å². The number of phenolic OH excluding ortho intramolecular Hbond substituents is 1. The molecule has 2 unspecified atom stereocenters. The van der Waals surface area contributed by atoms with E-state index in [1.807, 2.05) is 22.9 Å². The van der Waals surface area contributed by atoms with Crippen molar-refractivity contribution in [3.05, 3.63) is 49.3 Å². The summed E-state index contributed by atoms with van der Waals surface area (Å²) in [5, 5.41) is 17.5. The Kier molecular flexibility index (Phi) is 4.44. The van der Waals surface area contributed by atoms with E-state index in [1.165, 1.54) is 25.7 Å². The van der Waals surface area contributed by atoms with E-state index in [-0.39, 0.29) is 5.75 Å². The van der Waals surface area contributed by atoms with E-state index in [0.717, 1.165) is 18.1 Å². The average molecular weight is 376 g/mol. The fourth-order valence-electron chi connectivity index (χ4n) is 4.46. The van der Waals surface area contributed by atoms with Crippen molar-refractivity contribution < 1.29 is 5.11 Å². The molecule has 2 aromatic heterocycles. The molecule has 2 saturated heterocycles. The van der Waals surface area contributed by atoms with Gasteiger partial charge in [0.15, 0.2) is 0 Å². The average Bonchev–Trinajstić information content (AvgIpc) is 3.37. The Bertz CT molecular complexity index is 928. The number of hydrogen-bond donors (Lipinski definition) is 3. The SMILES string of the molecule is Oc1cc(-n2ccnc2)ccc1-c1cnc(NCC2CC3CCC(C2)N3)cn1. The zero-order valence-corrected chi connectivity index (χ0v) is 15.6. The Labute approximate surface area is 163 Å². The summed E-state index contributed by atoms with van der Waals surface area (Å²) in [7, 11) is 0. The zero-order chi connectivity index (χ0) is 18.9. The van der Waals surface area contributed by atoms with Gasteiger partial charge in [0, 0.05) is 42.7 Å². The highest BCUT2D eigenvalue weighted by Crippen LogP contribution is 2.32. The molecule has 0 radical (unpaired) electrons. The predicted octanol–water partition coefficient (Wildman–Crippen LogP) is 2.98. The van der Waals surface area contributed by atoms with Crippen LogP contribution in [0.15, 0.2) is 49.3 Å². The van der Waals surface area contributed by atoms with E-state index in [1.54, 1.807) is 31.0 Å². The molecule has 2 aliphatic heterocycles. The second-order valence-electron chi connectivity index (χ2n) is 7.81. The molecule has 0 aliphatic carbocycles. The third-order valence-electron chi connectivity index (χ3n) is 5.85. The van der Waals surface area contributed by atoms with Gasteiger partial charge in [-0.3, -0.25) is 4.98 Å². The fourth-order valence-corrected chi connectivity index (χ4v) is 4.46. The number of hydrogen-bond acceptors (Lipinski definition) is 6. The van der Waals surface area contributed by atoms with Crippen molar-refractivity contribution in [3.8, 4) is 22.7 Å². The Morgan fingerprint density at radius 3 is 2.68 bits per heavy atom. The number of anilines is 1. The van der Waals surface area contributed by atoms with E-state index in [2.05, 4.69) is 25.6 Å². The fraction of sp³-hybridized carbons (Fsp3) is 0.381. The van der Waals surface area contributed by atoms with Crippen molar-refractivity contribution in [2.45, 2.75) is 37.8 Å². The second-order valence-corrected chi connectivity index (χ2v) is 7.81. The van der Waals surface area contributed by atoms with Crippen LogP contribution >= 0.6 is 0 Å². The highest BCUT2D eigenvalue weighted by Gasteiger charge is 2.33. The van der Waals surface area contributed by atoms with Crippen molar-refractivity contribution in [3.63, 3.8) is 0 Å². The second kappa shape index (κ2) is 7.24. The molecule has 28 heavy (non-hydrogen) atoms. The molecule has 7 nitrogen and oxygen atoms in total. The maximum atomic E-state index is 10.4. The Morgan fingerprint density at radius 1 is 1.14 bits per heavy atom. The minimum Gasteiger partial charge on any atom is -0.507 e. The highest BCUT2D eigenvalue weighted by molar-refractivity contribution is 5.68. The van der Waals surface area contributed by atoms with Gasteiger partial charge in [0.25, 0.3) is 0 Å². The summed E-state index contributed by atoms with van der Waals surface area (Å²) in [6, 6.07) is 6.89.